The molecule has 0 fully saturated rings. The molecular formula is C19H16ClFN2O4S. The highest BCUT2D eigenvalue weighted by Crippen LogP contribution is 2.33. The monoisotopic (exact) mass is 422 g/mol. The standard InChI is InChI=1S/C19H16ClFN2O4S/c1-23(2)28(25,26)22-19(24)15-10-16(20)18(11-17(15)21)27-14-8-7-12-5-3-4-6-13(12)9-14/h3-11H,1-2H3,(H,22,24). The summed E-state index contributed by atoms with van der Waals surface area (Å²) in [7, 11) is -1.59. The Labute approximate surface area is 166 Å². The third-order valence-electron chi connectivity index (χ3n) is 3.92. The smallest absolute Gasteiger partial charge is 0.303 e. The minimum Gasteiger partial charge on any atom is -0.456 e. The number of nitrogens with one attached hydrogen (secondary N) is 1. The second-order valence-electron chi connectivity index (χ2n) is 6.09. The largest absolute Gasteiger partial charge is 0.456 e. The molecule has 0 aromatic heterocycles. The molecule has 146 valence electrons. The molecule has 9 heteroatoms. The normalized spacial score (nSPS) is 11.6. The van der Waals surface area contributed by atoms with Gasteiger partial charge in [0.15, 0.2) is 0 Å². The van der Waals surface area contributed by atoms with E-state index in [9.17, 15) is 17.6 Å². The van der Waals surface area contributed by atoms with Crippen LogP contribution in [0.1, 0.15) is 10.4 Å². The number of benzene rings is 3. The van der Waals surface area contributed by atoms with Crippen LogP contribution in [-0.2, 0) is 10.2 Å². The molecule has 0 saturated heterocycles. The van der Waals surface area contributed by atoms with Crippen molar-refractivity contribution in [3.05, 3.63) is 71.0 Å². The molecule has 1 amide bonds. The Bertz CT molecular complexity index is 1170. The molecule has 1 N–H and O–H groups in total. The lowest BCUT2D eigenvalue weighted by molar-refractivity contribution is 0.0976. The Kier molecular flexibility index (Phi) is 5.55. The molecule has 0 saturated carbocycles. The molecular weight excluding hydrogens is 407 g/mol. The quantitative estimate of drug-likeness (QED) is 0.675. The van der Waals surface area contributed by atoms with Crippen LogP contribution in [0, 0.1) is 5.82 Å². The first kappa shape index (κ1) is 20.1. The van der Waals surface area contributed by atoms with Gasteiger partial charge in [0, 0.05) is 20.2 Å². The van der Waals surface area contributed by atoms with Gasteiger partial charge >= 0.3 is 10.2 Å². The van der Waals surface area contributed by atoms with Crippen molar-refractivity contribution in [3.63, 3.8) is 0 Å². The van der Waals surface area contributed by atoms with Crippen molar-refractivity contribution in [2.24, 2.45) is 0 Å². The minimum atomic E-state index is -4.06. The first-order chi connectivity index (χ1) is 13.2. The molecule has 0 atom stereocenters. The van der Waals surface area contributed by atoms with Crippen LogP contribution < -0.4 is 9.46 Å². The van der Waals surface area contributed by atoms with Gasteiger partial charge in [-0.3, -0.25) is 4.79 Å². The zero-order valence-electron chi connectivity index (χ0n) is 14.9. The van der Waals surface area contributed by atoms with E-state index in [0.29, 0.717) is 5.75 Å². The number of nitrogens with zero attached hydrogens (tertiary/aromatic N) is 1. The van der Waals surface area contributed by atoms with E-state index in [1.807, 2.05) is 30.3 Å². The van der Waals surface area contributed by atoms with Crippen LogP contribution in [-0.4, -0.2) is 32.7 Å². The molecule has 0 spiro atoms. The molecule has 0 aliphatic heterocycles. The number of carbonyl (C=O) groups is 1. The van der Waals surface area contributed by atoms with Crippen molar-refractivity contribution >= 4 is 38.5 Å². The van der Waals surface area contributed by atoms with Gasteiger partial charge in [-0.15, -0.1) is 0 Å². The summed E-state index contributed by atoms with van der Waals surface area (Å²) < 4.78 is 46.1. The highest BCUT2D eigenvalue weighted by Gasteiger charge is 2.22. The molecule has 6 nitrogen and oxygen atoms in total. The fourth-order valence-corrected chi connectivity index (χ4v) is 3.13. The summed E-state index contributed by atoms with van der Waals surface area (Å²) >= 11 is 6.12. The number of rotatable bonds is 5. The zero-order valence-corrected chi connectivity index (χ0v) is 16.5. The van der Waals surface area contributed by atoms with E-state index in [2.05, 4.69) is 0 Å². The third-order valence-corrected chi connectivity index (χ3v) is 5.62. The predicted molar refractivity (Wildman–Crippen MR) is 106 cm³/mol. The molecule has 3 aromatic rings. The number of amides is 1. The van der Waals surface area contributed by atoms with Crippen LogP contribution in [0.3, 0.4) is 0 Å². The maximum atomic E-state index is 14.4. The average molecular weight is 423 g/mol. The number of hydrogen-bond donors (Lipinski definition) is 1. The maximum Gasteiger partial charge on any atom is 0.303 e. The molecule has 0 aliphatic carbocycles. The Hall–Kier alpha value is -2.68. The number of fused-ring (bicyclic) bond motifs is 1. The van der Waals surface area contributed by atoms with Crippen LogP contribution in [0.5, 0.6) is 11.5 Å². The third kappa shape index (κ3) is 4.24. The van der Waals surface area contributed by atoms with E-state index in [0.717, 1.165) is 27.2 Å². The van der Waals surface area contributed by atoms with Crippen molar-refractivity contribution in [1.29, 1.82) is 0 Å². The van der Waals surface area contributed by atoms with Gasteiger partial charge < -0.3 is 4.74 Å². The van der Waals surface area contributed by atoms with E-state index >= 15 is 0 Å². The first-order valence-corrected chi connectivity index (χ1v) is 9.89. The zero-order chi connectivity index (χ0) is 20.5. The summed E-state index contributed by atoms with van der Waals surface area (Å²) in [5, 5.41) is 1.91. The van der Waals surface area contributed by atoms with E-state index in [1.54, 1.807) is 16.9 Å². The Morgan fingerprint density at radius 3 is 2.43 bits per heavy atom. The molecule has 3 rings (SSSR count). The van der Waals surface area contributed by atoms with Gasteiger partial charge in [-0.25, -0.2) is 9.11 Å². The number of halogens is 2. The lowest BCUT2D eigenvalue weighted by Gasteiger charge is -2.14. The molecule has 0 radical (unpaired) electrons. The summed E-state index contributed by atoms with van der Waals surface area (Å²) in [6.45, 7) is 0. The molecule has 0 aliphatic rings. The number of hydrogen-bond acceptors (Lipinski definition) is 4. The van der Waals surface area contributed by atoms with Crippen LogP contribution in [0.4, 0.5) is 4.39 Å². The SMILES string of the molecule is CN(C)S(=O)(=O)NC(=O)c1cc(Cl)c(Oc2ccc3ccccc3c2)cc1F. The van der Waals surface area contributed by atoms with Gasteiger partial charge in [0.1, 0.15) is 17.3 Å². The summed E-state index contributed by atoms with van der Waals surface area (Å²) in [4.78, 5) is 12.1. The molecule has 3 aromatic carbocycles. The second-order valence-corrected chi connectivity index (χ2v) is 8.38. The summed E-state index contributed by atoms with van der Waals surface area (Å²) in [5.74, 6) is -1.66. The lowest BCUT2D eigenvalue weighted by Crippen LogP contribution is -2.39. The van der Waals surface area contributed by atoms with Gasteiger partial charge in [0.25, 0.3) is 5.91 Å². The second kappa shape index (κ2) is 7.75. The lowest BCUT2D eigenvalue weighted by atomic mass is 10.1. The summed E-state index contributed by atoms with van der Waals surface area (Å²) in [5.41, 5.74) is -0.513. The van der Waals surface area contributed by atoms with Crippen molar-refractivity contribution < 1.29 is 22.3 Å². The fourth-order valence-electron chi connectivity index (χ4n) is 2.40. The molecule has 28 heavy (non-hydrogen) atoms. The van der Waals surface area contributed by atoms with Crippen LogP contribution in [0.25, 0.3) is 10.8 Å². The van der Waals surface area contributed by atoms with E-state index < -0.39 is 27.5 Å². The first-order valence-electron chi connectivity index (χ1n) is 8.07. The van der Waals surface area contributed by atoms with Gasteiger partial charge in [-0.1, -0.05) is 41.9 Å². The Morgan fingerprint density at radius 2 is 1.75 bits per heavy atom. The van der Waals surface area contributed by atoms with Gasteiger partial charge in [-0.2, -0.15) is 12.7 Å². The maximum absolute atomic E-state index is 14.4. The van der Waals surface area contributed by atoms with E-state index in [4.69, 9.17) is 16.3 Å². The molecule has 0 heterocycles. The highest BCUT2D eigenvalue weighted by molar-refractivity contribution is 7.87. The topological polar surface area (TPSA) is 75.7 Å². The highest BCUT2D eigenvalue weighted by atomic mass is 35.5. The molecule has 0 unspecified atom stereocenters. The minimum absolute atomic E-state index is 0.00136. The van der Waals surface area contributed by atoms with E-state index in [-0.39, 0.29) is 10.8 Å². The Morgan fingerprint density at radius 1 is 1.07 bits per heavy atom. The number of carbonyl (C=O) groups excluding carboxylic acids is 1. The van der Waals surface area contributed by atoms with Gasteiger partial charge in [-0.05, 0) is 29.0 Å². The average Bonchev–Trinajstić information content (AvgIpc) is 2.63. The van der Waals surface area contributed by atoms with Crippen LogP contribution in [0.15, 0.2) is 54.6 Å². The predicted octanol–water partition coefficient (Wildman–Crippen LogP) is 3.96. The van der Waals surface area contributed by atoms with Crippen LogP contribution >= 0.6 is 11.6 Å². The van der Waals surface area contributed by atoms with Crippen molar-refractivity contribution in [3.8, 4) is 11.5 Å². The van der Waals surface area contributed by atoms with Crippen molar-refractivity contribution in [2.45, 2.75) is 0 Å². The van der Waals surface area contributed by atoms with Gasteiger partial charge in [0.05, 0.1) is 10.6 Å². The van der Waals surface area contributed by atoms with Gasteiger partial charge in [0.2, 0.25) is 0 Å². The van der Waals surface area contributed by atoms with Crippen molar-refractivity contribution in [2.75, 3.05) is 14.1 Å². The summed E-state index contributed by atoms with van der Waals surface area (Å²) in [6.07, 6.45) is 0. The van der Waals surface area contributed by atoms with Crippen molar-refractivity contribution in [1.82, 2.24) is 9.03 Å². The summed E-state index contributed by atoms with van der Waals surface area (Å²) in [6, 6.07) is 14.9. The number of ether oxygens (including phenoxy) is 1. The van der Waals surface area contributed by atoms with Crippen LogP contribution in [0.2, 0.25) is 5.02 Å². The fraction of sp³-hybridized carbons (Fsp3) is 0.105. The molecule has 0 bridgehead atoms. The van der Waals surface area contributed by atoms with E-state index in [1.165, 1.54) is 14.1 Å². The Balaban J connectivity index is 1.88.